The summed E-state index contributed by atoms with van der Waals surface area (Å²) in [5.74, 6) is 0.359. The molecule has 2 N–H and O–H groups in total. The van der Waals surface area contributed by atoms with Crippen molar-refractivity contribution in [2.45, 2.75) is 64.3 Å². The number of para-hydroxylation sites is 1. The van der Waals surface area contributed by atoms with Gasteiger partial charge in [-0.2, -0.15) is 0 Å². The van der Waals surface area contributed by atoms with Crippen LogP contribution in [0.5, 0.6) is 5.75 Å². The van der Waals surface area contributed by atoms with Crippen LogP contribution in [-0.2, 0) is 10.2 Å². The first-order valence-electron chi connectivity index (χ1n) is 10.8. The van der Waals surface area contributed by atoms with Crippen LogP contribution in [0.1, 0.15) is 68.8 Å². The van der Waals surface area contributed by atoms with Crippen LogP contribution in [0.25, 0.3) is 0 Å². The van der Waals surface area contributed by atoms with E-state index in [2.05, 4.69) is 31.4 Å². The number of ether oxygens (including phenoxy) is 1. The lowest BCUT2D eigenvalue weighted by molar-refractivity contribution is -0.118. The van der Waals surface area contributed by atoms with Crippen LogP contribution in [0, 0.1) is 0 Å². The van der Waals surface area contributed by atoms with Gasteiger partial charge in [0.25, 0.3) is 11.8 Å². The summed E-state index contributed by atoms with van der Waals surface area (Å²) < 4.78 is 5.78. The van der Waals surface area contributed by atoms with Gasteiger partial charge >= 0.3 is 0 Å². The maximum Gasteiger partial charge on any atom is 0.262 e. The number of hydrogen-bond acceptors (Lipinski definition) is 3. The second kappa shape index (κ2) is 9.79. The molecule has 0 unspecified atom stereocenters. The maximum absolute atomic E-state index is 12.5. The minimum atomic E-state index is -0.261. The Morgan fingerprint density at radius 2 is 1.73 bits per heavy atom. The molecule has 1 aliphatic rings. The van der Waals surface area contributed by atoms with Crippen LogP contribution in [0.3, 0.4) is 0 Å². The third kappa shape index (κ3) is 6.09. The first-order valence-corrected chi connectivity index (χ1v) is 10.8. The summed E-state index contributed by atoms with van der Waals surface area (Å²) in [6.45, 7) is 6.24. The van der Waals surface area contributed by atoms with Crippen molar-refractivity contribution in [1.82, 2.24) is 5.32 Å². The molecule has 2 aromatic carbocycles. The van der Waals surface area contributed by atoms with Gasteiger partial charge in [0, 0.05) is 17.3 Å². The molecular weight excluding hydrogens is 376 g/mol. The molecule has 5 nitrogen and oxygen atoms in total. The fourth-order valence-electron chi connectivity index (χ4n) is 3.81. The SMILES string of the molecule is CC(C)(C)c1ccccc1OCC(=O)Nc1cccc(C(=O)NC2CCCCC2)c1. The number of rotatable bonds is 6. The van der Waals surface area contributed by atoms with E-state index in [4.69, 9.17) is 4.74 Å². The third-order valence-corrected chi connectivity index (χ3v) is 5.40. The molecule has 0 aliphatic heterocycles. The molecule has 1 fully saturated rings. The Hall–Kier alpha value is -2.82. The third-order valence-electron chi connectivity index (χ3n) is 5.40. The molecule has 0 heterocycles. The lowest BCUT2D eigenvalue weighted by Crippen LogP contribution is -2.36. The van der Waals surface area contributed by atoms with Gasteiger partial charge in [0.2, 0.25) is 0 Å². The van der Waals surface area contributed by atoms with E-state index in [1.54, 1.807) is 24.3 Å². The summed E-state index contributed by atoms with van der Waals surface area (Å²) in [7, 11) is 0. The zero-order valence-corrected chi connectivity index (χ0v) is 18.2. The first kappa shape index (κ1) is 21.9. The van der Waals surface area contributed by atoms with E-state index in [9.17, 15) is 9.59 Å². The van der Waals surface area contributed by atoms with Crippen molar-refractivity contribution in [2.24, 2.45) is 0 Å². The molecule has 0 spiro atoms. The van der Waals surface area contributed by atoms with E-state index in [0.717, 1.165) is 18.4 Å². The van der Waals surface area contributed by atoms with E-state index < -0.39 is 0 Å². The highest BCUT2D eigenvalue weighted by Gasteiger charge is 2.19. The Kier molecular flexibility index (Phi) is 7.14. The number of anilines is 1. The average Bonchev–Trinajstić information content (AvgIpc) is 2.73. The minimum absolute atomic E-state index is 0.0763. The fourth-order valence-corrected chi connectivity index (χ4v) is 3.81. The second-order valence-electron chi connectivity index (χ2n) is 8.97. The highest BCUT2D eigenvalue weighted by molar-refractivity contribution is 5.97. The predicted octanol–water partition coefficient (Wildman–Crippen LogP) is 5.06. The highest BCUT2D eigenvalue weighted by Crippen LogP contribution is 2.30. The zero-order chi connectivity index (χ0) is 21.6. The number of benzene rings is 2. The molecule has 2 amide bonds. The first-order chi connectivity index (χ1) is 14.3. The van der Waals surface area contributed by atoms with Gasteiger partial charge in [0.05, 0.1) is 0 Å². The van der Waals surface area contributed by atoms with Crippen LogP contribution in [0.15, 0.2) is 48.5 Å². The molecule has 0 aromatic heterocycles. The molecule has 2 aromatic rings. The van der Waals surface area contributed by atoms with E-state index >= 15 is 0 Å². The number of carbonyl (C=O) groups excluding carboxylic acids is 2. The smallest absolute Gasteiger partial charge is 0.262 e. The molecule has 0 radical (unpaired) electrons. The molecule has 0 saturated heterocycles. The predicted molar refractivity (Wildman–Crippen MR) is 120 cm³/mol. The van der Waals surface area contributed by atoms with Crippen LogP contribution in [-0.4, -0.2) is 24.5 Å². The van der Waals surface area contributed by atoms with Crippen LogP contribution >= 0.6 is 0 Å². The summed E-state index contributed by atoms with van der Waals surface area (Å²) >= 11 is 0. The quantitative estimate of drug-likeness (QED) is 0.702. The average molecular weight is 409 g/mol. The van der Waals surface area contributed by atoms with Crippen LogP contribution < -0.4 is 15.4 Å². The Labute approximate surface area is 179 Å². The largest absolute Gasteiger partial charge is 0.483 e. The van der Waals surface area contributed by atoms with E-state index in [1.807, 2.05) is 24.3 Å². The number of hydrogen-bond donors (Lipinski definition) is 2. The van der Waals surface area contributed by atoms with Crippen molar-refractivity contribution in [3.8, 4) is 5.75 Å². The van der Waals surface area contributed by atoms with Crippen molar-refractivity contribution in [3.05, 3.63) is 59.7 Å². The van der Waals surface area contributed by atoms with Gasteiger partial charge in [-0.3, -0.25) is 9.59 Å². The maximum atomic E-state index is 12.5. The highest BCUT2D eigenvalue weighted by atomic mass is 16.5. The summed E-state index contributed by atoms with van der Waals surface area (Å²) in [5.41, 5.74) is 2.12. The van der Waals surface area contributed by atoms with Gasteiger partial charge in [0.15, 0.2) is 6.61 Å². The fraction of sp³-hybridized carbons (Fsp3) is 0.440. The lowest BCUT2D eigenvalue weighted by Gasteiger charge is -2.23. The van der Waals surface area contributed by atoms with E-state index in [-0.39, 0.29) is 29.9 Å². The molecular formula is C25H32N2O3. The monoisotopic (exact) mass is 408 g/mol. The number of carbonyl (C=O) groups is 2. The number of nitrogens with one attached hydrogen (secondary N) is 2. The molecule has 5 heteroatoms. The van der Waals surface area contributed by atoms with E-state index in [0.29, 0.717) is 17.0 Å². The lowest BCUT2D eigenvalue weighted by atomic mass is 9.86. The minimum Gasteiger partial charge on any atom is -0.483 e. The molecule has 0 atom stereocenters. The summed E-state index contributed by atoms with van der Waals surface area (Å²) in [4.78, 5) is 25.0. The summed E-state index contributed by atoms with van der Waals surface area (Å²) in [6, 6.07) is 15.0. The van der Waals surface area contributed by atoms with Crippen LogP contribution in [0.4, 0.5) is 5.69 Å². The molecule has 1 aliphatic carbocycles. The molecule has 0 bridgehead atoms. The Morgan fingerprint density at radius 3 is 2.47 bits per heavy atom. The van der Waals surface area contributed by atoms with Gasteiger partial charge < -0.3 is 15.4 Å². The van der Waals surface area contributed by atoms with Gasteiger partial charge in [-0.1, -0.05) is 64.3 Å². The van der Waals surface area contributed by atoms with Gasteiger partial charge in [-0.25, -0.2) is 0 Å². The second-order valence-corrected chi connectivity index (χ2v) is 8.97. The van der Waals surface area contributed by atoms with Crippen molar-refractivity contribution in [2.75, 3.05) is 11.9 Å². The van der Waals surface area contributed by atoms with Crippen molar-refractivity contribution >= 4 is 17.5 Å². The standard InChI is InChI=1S/C25H32N2O3/c1-25(2,3)21-14-7-8-15-22(21)30-17-23(28)26-20-13-9-10-18(16-20)24(29)27-19-11-5-4-6-12-19/h7-10,13-16,19H,4-6,11-12,17H2,1-3H3,(H,26,28)(H,27,29). The molecule has 1 saturated carbocycles. The number of amides is 2. The van der Waals surface area contributed by atoms with Crippen molar-refractivity contribution < 1.29 is 14.3 Å². The molecule has 30 heavy (non-hydrogen) atoms. The summed E-state index contributed by atoms with van der Waals surface area (Å²) in [6.07, 6.45) is 5.65. The Bertz CT molecular complexity index is 880. The molecule has 160 valence electrons. The Morgan fingerprint density at radius 1 is 1.00 bits per heavy atom. The van der Waals surface area contributed by atoms with E-state index in [1.165, 1.54) is 19.3 Å². The van der Waals surface area contributed by atoms with Crippen LogP contribution in [0.2, 0.25) is 0 Å². The zero-order valence-electron chi connectivity index (χ0n) is 18.2. The molecule has 3 rings (SSSR count). The van der Waals surface area contributed by atoms with Gasteiger partial charge in [0.1, 0.15) is 5.75 Å². The topological polar surface area (TPSA) is 67.4 Å². The summed E-state index contributed by atoms with van der Waals surface area (Å²) in [5, 5.41) is 5.93. The van der Waals surface area contributed by atoms with Crippen molar-refractivity contribution in [3.63, 3.8) is 0 Å². The Balaban J connectivity index is 1.57. The van der Waals surface area contributed by atoms with Gasteiger partial charge in [-0.05, 0) is 48.1 Å². The normalized spacial score (nSPS) is 14.8. The van der Waals surface area contributed by atoms with Gasteiger partial charge in [-0.15, -0.1) is 0 Å². The van der Waals surface area contributed by atoms with Crippen molar-refractivity contribution in [1.29, 1.82) is 0 Å².